The molecule has 0 aliphatic heterocycles. The van der Waals surface area contributed by atoms with E-state index in [-0.39, 0.29) is 11.7 Å². The van der Waals surface area contributed by atoms with E-state index in [0.29, 0.717) is 17.2 Å². The van der Waals surface area contributed by atoms with Crippen LogP contribution in [0.3, 0.4) is 0 Å². The minimum Gasteiger partial charge on any atom is -0.506 e. The lowest BCUT2D eigenvalue weighted by Crippen LogP contribution is -2.12. The van der Waals surface area contributed by atoms with Crippen LogP contribution in [0.1, 0.15) is 42.1 Å². The molecule has 1 atom stereocenters. The van der Waals surface area contributed by atoms with Crippen molar-refractivity contribution in [1.29, 1.82) is 0 Å². The summed E-state index contributed by atoms with van der Waals surface area (Å²) < 4.78 is 0.729. The van der Waals surface area contributed by atoms with E-state index in [2.05, 4.69) is 40.1 Å². The average molecular weight is 349 g/mol. The van der Waals surface area contributed by atoms with Gasteiger partial charge in [-0.25, -0.2) is 0 Å². The Labute approximate surface area is 132 Å². The van der Waals surface area contributed by atoms with Crippen LogP contribution in [0.2, 0.25) is 0 Å². The molecule has 0 saturated carbocycles. The third kappa shape index (κ3) is 3.82. The molecule has 4 nitrogen and oxygen atoms in total. The number of amides is 1. The molecule has 2 aromatic rings. The minimum absolute atomic E-state index is 0.0540. The van der Waals surface area contributed by atoms with Crippen molar-refractivity contribution >= 4 is 27.5 Å². The number of hydrogen-bond acceptors (Lipinski definition) is 3. The van der Waals surface area contributed by atoms with E-state index < -0.39 is 0 Å². The second-order valence-electron chi connectivity index (χ2n) is 4.93. The van der Waals surface area contributed by atoms with Gasteiger partial charge < -0.3 is 10.4 Å². The summed E-state index contributed by atoms with van der Waals surface area (Å²) >= 11 is 3.28. The topological polar surface area (TPSA) is 62.2 Å². The number of nitrogens with zero attached hydrogens (tertiary/aromatic N) is 1. The second-order valence-corrected chi connectivity index (χ2v) is 5.85. The van der Waals surface area contributed by atoms with Crippen LogP contribution in [-0.2, 0) is 0 Å². The number of hydrogen-bond donors (Lipinski definition) is 2. The Morgan fingerprint density at radius 3 is 2.81 bits per heavy atom. The van der Waals surface area contributed by atoms with Crippen molar-refractivity contribution in [2.24, 2.45) is 0 Å². The maximum Gasteiger partial charge on any atom is 0.257 e. The zero-order valence-electron chi connectivity index (χ0n) is 11.9. The van der Waals surface area contributed by atoms with Crippen LogP contribution in [0.15, 0.2) is 41.1 Å². The monoisotopic (exact) mass is 348 g/mol. The van der Waals surface area contributed by atoms with Gasteiger partial charge >= 0.3 is 0 Å². The molecule has 2 rings (SSSR count). The van der Waals surface area contributed by atoms with Crippen LogP contribution in [0.4, 0.5) is 5.69 Å². The van der Waals surface area contributed by atoms with Gasteiger partial charge in [0.1, 0.15) is 5.75 Å². The molecule has 1 aromatic heterocycles. The van der Waals surface area contributed by atoms with E-state index in [1.807, 2.05) is 12.1 Å². The molecule has 0 spiro atoms. The summed E-state index contributed by atoms with van der Waals surface area (Å²) in [6.45, 7) is 4.21. The van der Waals surface area contributed by atoms with Gasteiger partial charge in [0.2, 0.25) is 0 Å². The van der Waals surface area contributed by atoms with Crippen LogP contribution in [-0.4, -0.2) is 16.0 Å². The highest BCUT2D eigenvalue weighted by molar-refractivity contribution is 9.10. The highest BCUT2D eigenvalue weighted by Crippen LogP contribution is 2.29. The number of rotatable bonds is 4. The maximum atomic E-state index is 12.2. The SMILES string of the molecule is CC[C@H](C)c1ccc(O)c(NC(=O)c2cncc(Br)c2)c1. The van der Waals surface area contributed by atoms with Gasteiger partial charge in [-0.2, -0.15) is 0 Å². The molecule has 0 saturated heterocycles. The standard InChI is InChI=1S/C16H17BrN2O2/c1-3-10(2)11-4-5-15(20)14(7-11)19-16(21)12-6-13(17)9-18-8-12/h4-10,20H,3H2,1-2H3,(H,19,21)/t10-/m0/s1. The normalized spacial score (nSPS) is 12.0. The van der Waals surface area contributed by atoms with E-state index in [4.69, 9.17) is 0 Å². The minimum atomic E-state index is -0.305. The summed E-state index contributed by atoms with van der Waals surface area (Å²) in [5.41, 5.74) is 1.92. The van der Waals surface area contributed by atoms with Gasteiger partial charge in [-0.15, -0.1) is 0 Å². The number of phenols is 1. The van der Waals surface area contributed by atoms with Gasteiger partial charge in [-0.3, -0.25) is 9.78 Å². The Bertz CT molecular complexity index is 658. The van der Waals surface area contributed by atoms with Gasteiger partial charge in [0.25, 0.3) is 5.91 Å². The van der Waals surface area contributed by atoms with Crippen LogP contribution >= 0.6 is 15.9 Å². The fourth-order valence-electron chi connectivity index (χ4n) is 1.93. The van der Waals surface area contributed by atoms with Crippen molar-refractivity contribution in [2.45, 2.75) is 26.2 Å². The van der Waals surface area contributed by atoms with Gasteiger partial charge in [-0.1, -0.05) is 19.9 Å². The average Bonchev–Trinajstić information content (AvgIpc) is 2.48. The molecule has 1 heterocycles. The molecule has 21 heavy (non-hydrogen) atoms. The molecule has 0 radical (unpaired) electrons. The van der Waals surface area contributed by atoms with Crippen molar-refractivity contribution in [3.63, 3.8) is 0 Å². The molecule has 5 heteroatoms. The van der Waals surface area contributed by atoms with Gasteiger partial charge in [-0.05, 0) is 52.0 Å². The van der Waals surface area contributed by atoms with Crippen LogP contribution in [0.5, 0.6) is 5.75 Å². The molecule has 0 unspecified atom stereocenters. The van der Waals surface area contributed by atoms with E-state index >= 15 is 0 Å². The first-order valence-electron chi connectivity index (χ1n) is 6.76. The fourth-order valence-corrected chi connectivity index (χ4v) is 2.29. The maximum absolute atomic E-state index is 12.2. The first kappa shape index (κ1) is 15.5. The van der Waals surface area contributed by atoms with E-state index in [9.17, 15) is 9.90 Å². The predicted octanol–water partition coefficient (Wildman–Crippen LogP) is 4.32. The number of benzene rings is 1. The highest BCUT2D eigenvalue weighted by atomic mass is 79.9. The number of carbonyl (C=O) groups excluding carboxylic acids is 1. The zero-order chi connectivity index (χ0) is 15.4. The molecule has 0 fully saturated rings. The third-order valence-corrected chi connectivity index (χ3v) is 3.85. The number of phenolic OH excluding ortho intramolecular Hbond substituents is 1. The van der Waals surface area contributed by atoms with Crippen molar-refractivity contribution in [3.05, 3.63) is 52.3 Å². The first-order valence-corrected chi connectivity index (χ1v) is 7.55. The molecule has 0 aliphatic rings. The number of aromatic nitrogens is 1. The number of anilines is 1. The number of carbonyl (C=O) groups is 1. The van der Waals surface area contributed by atoms with Crippen LogP contribution in [0, 0.1) is 0 Å². The van der Waals surface area contributed by atoms with E-state index in [1.165, 1.54) is 6.20 Å². The molecule has 2 N–H and O–H groups in total. The summed E-state index contributed by atoms with van der Waals surface area (Å²) in [7, 11) is 0. The van der Waals surface area contributed by atoms with Gasteiger partial charge in [0.05, 0.1) is 11.3 Å². The molecular formula is C16H17BrN2O2. The van der Waals surface area contributed by atoms with Crippen molar-refractivity contribution in [3.8, 4) is 5.75 Å². The summed E-state index contributed by atoms with van der Waals surface area (Å²) in [6, 6.07) is 6.97. The largest absolute Gasteiger partial charge is 0.506 e. The predicted molar refractivity (Wildman–Crippen MR) is 86.7 cm³/mol. The molecule has 0 aliphatic carbocycles. The zero-order valence-corrected chi connectivity index (χ0v) is 13.5. The van der Waals surface area contributed by atoms with Crippen LogP contribution < -0.4 is 5.32 Å². The Morgan fingerprint density at radius 2 is 2.14 bits per heavy atom. The first-order chi connectivity index (χ1) is 10.0. The highest BCUT2D eigenvalue weighted by Gasteiger charge is 2.12. The molecule has 1 aromatic carbocycles. The molecule has 110 valence electrons. The van der Waals surface area contributed by atoms with Gasteiger partial charge in [0, 0.05) is 16.9 Å². The lowest BCUT2D eigenvalue weighted by Gasteiger charge is -2.13. The van der Waals surface area contributed by atoms with E-state index in [1.54, 1.807) is 18.3 Å². The number of nitrogens with one attached hydrogen (secondary N) is 1. The third-order valence-electron chi connectivity index (χ3n) is 3.42. The Hall–Kier alpha value is -1.88. The lowest BCUT2D eigenvalue weighted by atomic mass is 9.98. The molecule has 1 amide bonds. The van der Waals surface area contributed by atoms with Gasteiger partial charge in [0.15, 0.2) is 0 Å². The van der Waals surface area contributed by atoms with E-state index in [0.717, 1.165) is 16.5 Å². The molecular weight excluding hydrogens is 332 g/mol. The van der Waals surface area contributed by atoms with Crippen molar-refractivity contribution in [2.75, 3.05) is 5.32 Å². The van der Waals surface area contributed by atoms with Crippen molar-refractivity contribution < 1.29 is 9.90 Å². The summed E-state index contributed by atoms with van der Waals surface area (Å²) in [5, 5.41) is 12.6. The quantitative estimate of drug-likeness (QED) is 0.809. The smallest absolute Gasteiger partial charge is 0.257 e. The Balaban J connectivity index is 2.24. The summed E-state index contributed by atoms with van der Waals surface area (Å²) in [6.07, 6.45) is 4.08. The summed E-state index contributed by atoms with van der Waals surface area (Å²) in [4.78, 5) is 16.1. The number of halogens is 1. The van der Waals surface area contributed by atoms with Crippen LogP contribution in [0.25, 0.3) is 0 Å². The Morgan fingerprint density at radius 1 is 1.38 bits per heavy atom. The fraction of sp³-hybridized carbons (Fsp3) is 0.250. The Kier molecular flexibility index (Phi) is 4.96. The summed E-state index contributed by atoms with van der Waals surface area (Å²) in [5.74, 6) is 0.118. The number of aromatic hydroxyl groups is 1. The molecule has 0 bridgehead atoms. The van der Waals surface area contributed by atoms with Crippen molar-refractivity contribution in [1.82, 2.24) is 4.98 Å². The second kappa shape index (κ2) is 6.72. The number of pyridine rings is 1. The lowest BCUT2D eigenvalue weighted by molar-refractivity contribution is 0.102.